The SMILES string of the molecule is C[C@](C#N)(NC(=O)CSc1ncccn1)C1CC1. The molecule has 1 aromatic rings. The van der Waals surface area contributed by atoms with E-state index in [1.165, 1.54) is 11.8 Å². The summed E-state index contributed by atoms with van der Waals surface area (Å²) >= 11 is 1.27. The Hall–Kier alpha value is -1.61. The molecule has 2 rings (SSSR count). The molecule has 0 aromatic carbocycles. The topological polar surface area (TPSA) is 78.7 Å². The molecule has 0 aliphatic heterocycles. The highest BCUT2D eigenvalue weighted by Crippen LogP contribution is 2.39. The Balaban J connectivity index is 1.84. The minimum Gasteiger partial charge on any atom is -0.337 e. The van der Waals surface area contributed by atoms with Crippen LogP contribution in [0.1, 0.15) is 19.8 Å². The Morgan fingerprint density at radius 2 is 2.28 bits per heavy atom. The van der Waals surface area contributed by atoms with E-state index in [4.69, 9.17) is 5.26 Å². The predicted molar refractivity (Wildman–Crippen MR) is 67.6 cm³/mol. The summed E-state index contributed by atoms with van der Waals surface area (Å²) in [6, 6.07) is 3.92. The number of rotatable bonds is 5. The molecule has 1 atom stereocenters. The molecule has 6 heteroatoms. The zero-order valence-electron chi connectivity index (χ0n) is 10.1. The highest BCUT2D eigenvalue weighted by atomic mass is 32.2. The number of nitrogens with zero attached hydrogens (tertiary/aromatic N) is 3. The van der Waals surface area contributed by atoms with Gasteiger partial charge in [0.25, 0.3) is 0 Å². The molecule has 1 heterocycles. The fourth-order valence-corrected chi connectivity index (χ4v) is 2.30. The van der Waals surface area contributed by atoms with Gasteiger partial charge in [-0.25, -0.2) is 9.97 Å². The van der Waals surface area contributed by atoms with Gasteiger partial charge in [-0.3, -0.25) is 4.79 Å². The molecule has 0 unspecified atom stereocenters. The highest BCUT2D eigenvalue weighted by molar-refractivity contribution is 7.99. The van der Waals surface area contributed by atoms with Crippen molar-refractivity contribution in [3.05, 3.63) is 18.5 Å². The van der Waals surface area contributed by atoms with E-state index in [2.05, 4.69) is 21.4 Å². The zero-order chi connectivity index (χ0) is 13.0. The molecule has 0 saturated heterocycles. The highest BCUT2D eigenvalue weighted by Gasteiger charge is 2.42. The molecule has 0 bridgehead atoms. The fraction of sp³-hybridized carbons (Fsp3) is 0.500. The van der Waals surface area contributed by atoms with Crippen LogP contribution in [0.25, 0.3) is 0 Å². The molecular formula is C12H14N4OS. The summed E-state index contributed by atoms with van der Waals surface area (Å²) in [5.41, 5.74) is -0.727. The number of thioether (sulfide) groups is 1. The van der Waals surface area contributed by atoms with Gasteiger partial charge in [-0.2, -0.15) is 5.26 Å². The molecule has 1 amide bonds. The number of aromatic nitrogens is 2. The first-order valence-electron chi connectivity index (χ1n) is 5.76. The van der Waals surface area contributed by atoms with Gasteiger partial charge in [0.15, 0.2) is 5.16 Å². The van der Waals surface area contributed by atoms with E-state index < -0.39 is 5.54 Å². The van der Waals surface area contributed by atoms with Crippen molar-refractivity contribution in [1.82, 2.24) is 15.3 Å². The number of amides is 1. The van der Waals surface area contributed by atoms with Crippen LogP contribution in [0.2, 0.25) is 0 Å². The third-order valence-corrected chi connectivity index (χ3v) is 3.78. The van der Waals surface area contributed by atoms with Gasteiger partial charge in [-0.05, 0) is 31.7 Å². The molecule has 0 radical (unpaired) electrons. The summed E-state index contributed by atoms with van der Waals surface area (Å²) in [5.74, 6) is 0.376. The molecular weight excluding hydrogens is 248 g/mol. The van der Waals surface area contributed by atoms with Crippen LogP contribution in [0.4, 0.5) is 0 Å². The van der Waals surface area contributed by atoms with Crippen LogP contribution in [-0.2, 0) is 4.79 Å². The maximum absolute atomic E-state index is 11.8. The monoisotopic (exact) mass is 262 g/mol. The van der Waals surface area contributed by atoms with Crippen LogP contribution in [0.5, 0.6) is 0 Å². The van der Waals surface area contributed by atoms with Crippen molar-refractivity contribution >= 4 is 17.7 Å². The lowest BCUT2D eigenvalue weighted by Crippen LogP contribution is -2.47. The smallest absolute Gasteiger partial charge is 0.231 e. The van der Waals surface area contributed by atoms with E-state index in [0.717, 1.165) is 12.8 Å². The minimum absolute atomic E-state index is 0.150. The quantitative estimate of drug-likeness (QED) is 0.640. The number of hydrogen-bond donors (Lipinski definition) is 1. The molecule has 1 N–H and O–H groups in total. The second-order valence-electron chi connectivity index (χ2n) is 4.46. The molecule has 1 saturated carbocycles. The van der Waals surface area contributed by atoms with Gasteiger partial charge in [0, 0.05) is 12.4 Å². The van der Waals surface area contributed by atoms with Crippen molar-refractivity contribution in [1.29, 1.82) is 5.26 Å². The molecule has 5 nitrogen and oxygen atoms in total. The van der Waals surface area contributed by atoms with Crippen LogP contribution in [0.3, 0.4) is 0 Å². The molecule has 1 fully saturated rings. The van der Waals surface area contributed by atoms with Crippen LogP contribution >= 0.6 is 11.8 Å². The Bertz CT molecular complexity index is 469. The summed E-state index contributed by atoms with van der Waals surface area (Å²) in [7, 11) is 0. The van der Waals surface area contributed by atoms with E-state index in [0.29, 0.717) is 11.1 Å². The molecule has 94 valence electrons. The maximum atomic E-state index is 11.8. The number of nitriles is 1. The summed E-state index contributed by atoms with van der Waals surface area (Å²) in [5, 5.41) is 12.5. The maximum Gasteiger partial charge on any atom is 0.231 e. The van der Waals surface area contributed by atoms with E-state index in [1.54, 1.807) is 25.4 Å². The Morgan fingerprint density at radius 3 is 2.83 bits per heavy atom. The van der Waals surface area contributed by atoms with Gasteiger partial charge in [0.1, 0.15) is 5.54 Å². The van der Waals surface area contributed by atoms with Gasteiger partial charge in [0.2, 0.25) is 5.91 Å². The lowest BCUT2D eigenvalue weighted by atomic mass is 9.98. The Labute approximate surface area is 110 Å². The van der Waals surface area contributed by atoms with Crippen LogP contribution in [0.15, 0.2) is 23.6 Å². The van der Waals surface area contributed by atoms with Gasteiger partial charge >= 0.3 is 0 Å². The van der Waals surface area contributed by atoms with Crippen molar-refractivity contribution in [2.45, 2.75) is 30.5 Å². The van der Waals surface area contributed by atoms with E-state index in [-0.39, 0.29) is 11.7 Å². The van der Waals surface area contributed by atoms with E-state index in [9.17, 15) is 4.79 Å². The third-order valence-electron chi connectivity index (χ3n) is 2.90. The first-order valence-corrected chi connectivity index (χ1v) is 6.75. The fourth-order valence-electron chi connectivity index (χ4n) is 1.70. The first-order chi connectivity index (χ1) is 8.64. The summed E-state index contributed by atoms with van der Waals surface area (Å²) in [6.07, 6.45) is 5.30. The predicted octanol–water partition coefficient (Wildman–Crippen LogP) is 1.38. The van der Waals surface area contributed by atoms with Gasteiger partial charge in [-0.15, -0.1) is 0 Å². The van der Waals surface area contributed by atoms with E-state index in [1.807, 2.05) is 0 Å². The van der Waals surface area contributed by atoms with Crippen molar-refractivity contribution < 1.29 is 4.79 Å². The summed E-state index contributed by atoms with van der Waals surface area (Å²) in [4.78, 5) is 19.8. The third kappa shape index (κ3) is 3.20. The molecule has 0 spiro atoms. The van der Waals surface area contributed by atoms with Crippen molar-refractivity contribution in [2.24, 2.45) is 5.92 Å². The minimum atomic E-state index is -0.727. The number of nitrogens with one attached hydrogen (secondary N) is 1. The van der Waals surface area contributed by atoms with E-state index >= 15 is 0 Å². The lowest BCUT2D eigenvalue weighted by Gasteiger charge is -2.22. The second-order valence-corrected chi connectivity index (χ2v) is 5.40. The van der Waals surface area contributed by atoms with Crippen LogP contribution in [-0.4, -0.2) is 27.2 Å². The van der Waals surface area contributed by atoms with Crippen molar-refractivity contribution in [3.8, 4) is 6.07 Å². The first kappa shape index (κ1) is 12.8. The summed E-state index contributed by atoms with van der Waals surface area (Å²) < 4.78 is 0. The number of carbonyl (C=O) groups excluding carboxylic acids is 1. The standard InChI is InChI=1S/C12H14N4OS/c1-12(8-13,9-3-4-9)16-10(17)7-18-11-14-5-2-6-15-11/h2,5-6,9H,3-4,7H2,1H3,(H,16,17)/t12-/m1/s1. The summed E-state index contributed by atoms with van der Waals surface area (Å²) in [6.45, 7) is 1.78. The Morgan fingerprint density at radius 1 is 1.61 bits per heavy atom. The lowest BCUT2D eigenvalue weighted by molar-refractivity contribution is -0.119. The zero-order valence-corrected chi connectivity index (χ0v) is 10.9. The normalized spacial score (nSPS) is 17.6. The van der Waals surface area contributed by atoms with Gasteiger partial charge in [-0.1, -0.05) is 11.8 Å². The molecule has 1 aliphatic rings. The van der Waals surface area contributed by atoms with Gasteiger partial charge < -0.3 is 5.32 Å². The molecule has 1 aliphatic carbocycles. The van der Waals surface area contributed by atoms with Crippen molar-refractivity contribution in [2.75, 3.05) is 5.75 Å². The molecule has 1 aromatic heterocycles. The average Bonchev–Trinajstić information content (AvgIpc) is 3.22. The van der Waals surface area contributed by atoms with Crippen LogP contribution < -0.4 is 5.32 Å². The van der Waals surface area contributed by atoms with Crippen LogP contribution in [0, 0.1) is 17.2 Å². The number of carbonyl (C=O) groups is 1. The second kappa shape index (κ2) is 5.36. The van der Waals surface area contributed by atoms with Crippen molar-refractivity contribution in [3.63, 3.8) is 0 Å². The van der Waals surface area contributed by atoms with Gasteiger partial charge in [0.05, 0.1) is 11.8 Å². The Kier molecular flexibility index (Phi) is 3.82. The number of hydrogen-bond acceptors (Lipinski definition) is 5. The molecule has 18 heavy (non-hydrogen) atoms. The average molecular weight is 262 g/mol. The largest absolute Gasteiger partial charge is 0.337 e.